The summed E-state index contributed by atoms with van der Waals surface area (Å²) in [5.74, 6) is 0.113. The van der Waals surface area contributed by atoms with E-state index >= 15 is 0 Å². The molecule has 0 unspecified atom stereocenters. The van der Waals surface area contributed by atoms with Crippen LogP contribution < -0.4 is 0 Å². The predicted octanol–water partition coefficient (Wildman–Crippen LogP) is 3.00. The molecule has 0 bridgehead atoms. The largest absolute Gasteiger partial charge is 0.333 e. The Hall–Kier alpha value is -1.24. The summed E-state index contributed by atoms with van der Waals surface area (Å²) in [6, 6.07) is 5.32. The van der Waals surface area contributed by atoms with Gasteiger partial charge in [-0.05, 0) is 31.9 Å². The van der Waals surface area contributed by atoms with E-state index in [1.165, 1.54) is 21.1 Å². The Labute approximate surface area is 138 Å². The highest BCUT2D eigenvalue weighted by Crippen LogP contribution is 2.34. The molecule has 2 fully saturated rings. The minimum atomic E-state index is 0.113. The number of aromatic nitrogens is 1. The first-order valence-electron chi connectivity index (χ1n) is 7.71. The summed E-state index contributed by atoms with van der Waals surface area (Å²) >= 11 is 3.37. The summed E-state index contributed by atoms with van der Waals surface area (Å²) in [7, 11) is 0. The average molecular weight is 333 g/mol. The van der Waals surface area contributed by atoms with E-state index in [1.807, 2.05) is 16.7 Å². The van der Waals surface area contributed by atoms with Gasteiger partial charge >= 0.3 is 0 Å². The molecule has 116 valence electrons. The van der Waals surface area contributed by atoms with E-state index in [2.05, 4.69) is 33.8 Å². The molecule has 4 heterocycles. The van der Waals surface area contributed by atoms with E-state index in [1.54, 1.807) is 5.51 Å². The fourth-order valence-corrected chi connectivity index (χ4v) is 5.20. The van der Waals surface area contributed by atoms with Crippen molar-refractivity contribution < 1.29 is 4.79 Å². The Morgan fingerprint density at radius 3 is 2.91 bits per heavy atom. The number of aryl methyl sites for hydroxylation is 1. The number of thiophene rings is 1. The molecule has 0 aliphatic carbocycles. The Morgan fingerprint density at radius 1 is 1.32 bits per heavy atom. The van der Waals surface area contributed by atoms with Crippen molar-refractivity contribution in [3.8, 4) is 0 Å². The van der Waals surface area contributed by atoms with Crippen molar-refractivity contribution in [3.05, 3.63) is 38.5 Å². The van der Waals surface area contributed by atoms with Gasteiger partial charge in [0.15, 0.2) is 0 Å². The molecule has 4 nitrogen and oxygen atoms in total. The third kappa shape index (κ3) is 2.49. The van der Waals surface area contributed by atoms with Crippen LogP contribution >= 0.6 is 22.7 Å². The maximum Gasteiger partial charge on any atom is 0.273 e. The lowest BCUT2D eigenvalue weighted by Crippen LogP contribution is -2.39. The zero-order chi connectivity index (χ0) is 15.1. The summed E-state index contributed by atoms with van der Waals surface area (Å²) in [5.41, 5.74) is 2.35. The SMILES string of the molecule is Cc1ccc(CN2CC[C@@H]3[C@@H]2CCN3C(=O)c2cscn2)s1. The predicted molar refractivity (Wildman–Crippen MR) is 89.4 cm³/mol. The number of hydrogen-bond donors (Lipinski definition) is 0. The van der Waals surface area contributed by atoms with Crippen LogP contribution in [0.5, 0.6) is 0 Å². The Balaban J connectivity index is 1.46. The highest BCUT2D eigenvalue weighted by molar-refractivity contribution is 7.11. The van der Waals surface area contributed by atoms with Crippen molar-refractivity contribution in [2.45, 2.75) is 38.4 Å². The number of hydrogen-bond acceptors (Lipinski definition) is 5. The van der Waals surface area contributed by atoms with Gasteiger partial charge in [0.05, 0.1) is 5.51 Å². The first-order chi connectivity index (χ1) is 10.7. The zero-order valence-electron chi connectivity index (χ0n) is 12.6. The average Bonchev–Trinajstić information content (AvgIpc) is 3.24. The first-order valence-corrected chi connectivity index (χ1v) is 9.47. The number of nitrogens with zero attached hydrogens (tertiary/aromatic N) is 3. The lowest BCUT2D eigenvalue weighted by molar-refractivity contribution is 0.0727. The minimum Gasteiger partial charge on any atom is -0.333 e. The van der Waals surface area contributed by atoms with Crippen molar-refractivity contribution in [2.24, 2.45) is 0 Å². The number of carbonyl (C=O) groups excluding carboxylic acids is 1. The molecule has 0 spiro atoms. The third-order valence-electron chi connectivity index (χ3n) is 4.76. The molecule has 2 atom stereocenters. The first kappa shape index (κ1) is 14.4. The lowest BCUT2D eigenvalue weighted by Gasteiger charge is -2.25. The molecular formula is C16H19N3OS2. The van der Waals surface area contributed by atoms with Crippen LogP contribution in [0.3, 0.4) is 0 Å². The highest BCUT2D eigenvalue weighted by Gasteiger charge is 2.44. The molecular weight excluding hydrogens is 314 g/mol. The molecule has 0 aromatic carbocycles. The van der Waals surface area contributed by atoms with E-state index in [-0.39, 0.29) is 5.91 Å². The minimum absolute atomic E-state index is 0.113. The molecule has 2 aliphatic rings. The summed E-state index contributed by atoms with van der Waals surface area (Å²) in [5, 5.41) is 1.86. The Morgan fingerprint density at radius 2 is 2.18 bits per heavy atom. The molecule has 4 rings (SSSR count). The van der Waals surface area contributed by atoms with Crippen LogP contribution in [0.4, 0.5) is 0 Å². The smallest absolute Gasteiger partial charge is 0.273 e. The molecule has 2 saturated heterocycles. The molecule has 22 heavy (non-hydrogen) atoms. The topological polar surface area (TPSA) is 36.4 Å². The second-order valence-electron chi connectivity index (χ2n) is 6.07. The van der Waals surface area contributed by atoms with E-state index < -0.39 is 0 Å². The fraction of sp³-hybridized carbons (Fsp3) is 0.500. The van der Waals surface area contributed by atoms with Crippen LogP contribution in [0.15, 0.2) is 23.0 Å². The second-order valence-corrected chi connectivity index (χ2v) is 8.16. The van der Waals surface area contributed by atoms with Crippen LogP contribution in [0.2, 0.25) is 0 Å². The molecule has 2 aromatic rings. The highest BCUT2D eigenvalue weighted by atomic mass is 32.1. The summed E-state index contributed by atoms with van der Waals surface area (Å²) in [4.78, 5) is 24.2. The van der Waals surface area contributed by atoms with Gasteiger partial charge in [-0.15, -0.1) is 22.7 Å². The monoisotopic (exact) mass is 333 g/mol. The Bertz CT molecular complexity index is 667. The van der Waals surface area contributed by atoms with Gasteiger partial charge < -0.3 is 4.90 Å². The second kappa shape index (κ2) is 5.76. The van der Waals surface area contributed by atoms with Gasteiger partial charge in [-0.3, -0.25) is 9.69 Å². The number of likely N-dealkylation sites (tertiary alicyclic amines) is 2. The molecule has 0 N–H and O–H groups in total. The normalized spacial score (nSPS) is 24.9. The quantitative estimate of drug-likeness (QED) is 0.866. The third-order valence-corrected chi connectivity index (χ3v) is 6.33. The van der Waals surface area contributed by atoms with Crippen molar-refractivity contribution in [1.29, 1.82) is 0 Å². The Kier molecular flexibility index (Phi) is 3.76. The van der Waals surface area contributed by atoms with Crippen molar-refractivity contribution >= 4 is 28.6 Å². The number of thiazole rings is 1. The maximum atomic E-state index is 12.6. The van der Waals surface area contributed by atoms with Gasteiger partial charge in [0.2, 0.25) is 0 Å². The molecule has 2 aromatic heterocycles. The van der Waals surface area contributed by atoms with Crippen LogP contribution in [0.25, 0.3) is 0 Å². The van der Waals surface area contributed by atoms with Gasteiger partial charge in [0, 0.05) is 46.9 Å². The van der Waals surface area contributed by atoms with Gasteiger partial charge in [0.1, 0.15) is 5.69 Å². The molecule has 0 saturated carbocycles. The number of amides is 1. The molecule has 0 radical (unpaired) electrons. The van der Waals surface area contributed by atoms with E-state index in [4.69, 9.17) is 0 Å². The summed E-state index contributed by atoms with van der Waals surface area (Å²) in [6.45, 7) is 5.14. The summed E-state index contributed by atoms with van der Waals surface area (Å²) in [6.07, 6.45) is 2.18. The van der Waals surface area contributed by atoms with E-state index in [9.17, 15) is 4.79 Å². The van der Waals surface area contributed by atoms with Gasteiger partial charge in [-0.1, -0.05) is 0 Å². The molecule has 1 amide bonds. The zero-order valence-corrected chi connectivity index (χ0v) is 14.2. The molecule has 6 heteroatoms. The summed E-state index contributed by atoms with van der Waals surface area (Å²) < 4.78 is 0. The van der Waals surface area contributed by atoms with E-state index in [0.717, 1.165) is 32.5 Å². The van der Waals surface area contributed by atoms with Gasteiger partial charge in [0.25, 0.3) is 5.91 Å². The van der Waals surface area contributed by atoms with Crippen LogP contribution in [-0.4, -0.2) is 45.9 Å². The molecule has 2 aliphatic heterocycles. The lowest BCUT2D eigenvalue weighted by atomic mass is 10.1. The number of fused-ring (bicyclic) bond motifs is 1. The van der Waals surface area contributed by atoms with Crippen LogP contribution in [0.1, 0.15) is 33.1 Å². The fourth-order valence-electron chi connectivity index (χ4n) is 3.76. The van der Waals surface area contributed by atoms with Crippen LogP contribution in [0, 0.1) is 6.92 Å². The van der Waals surface area contributed by atoms with Crippen LogP contribution in [-0.2, 0) is 6.54 Å². The number of carbonyl (C=O) groups is 1. The standard InChI is InChI=1S/C16H19N3OS2/c1-11-2-3-12(22-11)8-18-6-4-15-14(18)5-7-19(15)16(20)13-9-21-10-17-13/h2-3,9-10,14-15H,4-8H2,1H3/t14-,15+/m0/s1. The van der Waals surface area contributed by atoms with Gasteiger partial charge in [-0.25, -0.2) is 4.98 Å². The van der Waals surface area contributed by atoms with Crippen molar-refractivity contribution in [1.82, 2.24) is 14.8 Å². The van der Waals surface area contributed by atoms with E-state index in [0.29, 0.717) is 17.8 Å². The maximum absolute atomic E-state index is 12.6. The van der Waals surface area contributed by atoms with Crippen molar-refractivity contribution in [2.75, 3.05) is 13.1 Å². The van der Waals surface area contributed by atoms with Crippen molar-refractivity contribution in [3.63, 3.8) is 0 Å². The van der Waals surface area contributed by atoms with Gasteiger partial charge in [-0.2, -0.15) is 0 Å². The number of rotatable bonds is 3.